The van der Waals surface area contributed by atoms with Crippen LogP contribution < -0.4 is 0 Å². The predicted molar refractivity (Wildman–Crippen MR) is 116 cm³/mol. The van der Waals surface area contributed by atoms with Gasteiger partial charge in [-0.1, -0.05) is 30.3 Å². The number of rotatable bonds is 3. The molecule has 2 aromatic carbocycles. The number of carbonyl (C=O) groups is 2. The van der Waals surface area contributed by atoms with Gasteiger partial charge in [0.05, 0.1) is 11.1 Å². The highest BCUT2D eigenvalue weighted by Crippen LogP contribution is 2.38. The number of nitrogens with zero attached hydrogens (tertiary/aromatic N) is 2. The molecule has 0 aromatic heterocycles. The fraction of sp³-hybridized carbons (Fsp3) is 0.440. The molecule has 2 aliphatic rings. The highest BCUT2D eigenvalue weighted by molar-refractivity contribution is 5.95. The monoisotopic (exact) mass is 498 g/mol. The summed E-state index contributed by atoms with van der Waals surface area (Å²) in [5.74, 6) is -0.875. The van der Waals surface area contributed by atoms with Crippen molar-refractivity contribution in [2.45, 2.75) is 43.6 Å². The molecule has 2 heterocycles. The largest absolute Gasteiger partial charge is 0.416 e. The Kier molecular flexibility index (Phi) is 6.95. The second-order valence-corrected chi connectivity index (χ2v) is 8.99. The molecule has 0 bridgehead atoms. The molecule has 0 spiro atoms. The third kappa shape index (κ3) is 5.69. The minimum atomic E-state index is -5.03. The Morgan fingerprint density at radius 3 is 1.94 bits per heavy atom. The molecule has 4 rings (SSSR count). The number of halogens is 6. The number of piperidine rings is 2. The Balaban J connectivity index is 1.63. The Hall–Kier alpha value is -2.88. The van der Waals surface area contributed by atoms with E-state index in [1.54, 1.807) is 0 Å². The number of hydrogen-bond acceptors (Lipinski definition) is 3. The first-order valence-electron chi connectivity index (χ1n) is 11.3. The van der Waals surface area contributed by atoms with Crippen LogP contribution in [0.3, 0.4) is 0 Å². The van der Waals surface area contributed by atoms with E-state index in [9.17, 15) is 35.9 Å². The molecule has 188 valence electrons. The van der Waals surface area contributed by atoms with E-state index in [0.29, 0.717) is 44.5 Å². The molecule has 0 radical (unpaired) electrons. The molecule has 35 heavy (non-hydrogen) atoms. The number of hydrogen-bond donors (Lipinski definition) is 0. The molecule has 2 fully saturated rings. The van der Waals surface area contributed by atoms with E-state index in [4.69, 9.17) is 0 Å². The van der Waals surface area contributed by atoms with E-state index in [1.807, 2.05) is 30.3 Å². The molecule has 0 N–H and O–H groups in total. The molecule has 0 aliphatic carbocycles. The molecule has 0 saturated carbocycles. The van der Waals surface area contributed by atoms with Crippen molar-refractivity contribution in [2.75, 3.05) is 26.2 Å². The number of amides is 1. The number of benzene rings is 2. The summed E-state index contributed by atoms with van der Waals surface area (Å²) in [5, 5.41) is 0. The zero-order chi connectivity index (χ0) is 25.4. The van der Waals surface area contributed by atoms with Gasteiger partial charge in [0, 0.05) is 56.5 Å². The molecular formula is C25H24F6N2O2. The quantitative estimate of drug-likeness (QED) is 0.533. The van der Waals surface area contributed by atoms with E-state index in [-0.39, 0.29) is 36.9 Å². The van der Waals surface area contributed by atoms with E-state index in [0.717, 1.165) is 5.56 Å². The van der Waals surface area contributed by atoms with E-state index in [1.165, 1.54) is 4.90 Å². The van der Waals surface area contributed by atoms with Crippen LogP contribution in [0.25, 0.3) is 0 Å². The van der Waals surface area contributed by atoms with Gasteiger partial charge in [0.25, 0.3) is 5.91 Å². The molecule has 4 nitrogen and oxygen atoms in total. The van der Waals surface area contributed by atoms with Crippen molar-refractivity contribution in [3.8, 4) is 0 Å². The third-order valence-electron chi connectivity index (χ3n) is 6.75. The Morgan fingerprint density at radius 2 is 1.40 bits per heavy atom. The van der Waals surface area contributed by atoms with Gasteiger partial charge in [0.1, 0.15) is 5.78 Å². The Morgan fingerprint density at radius 1 is 0.829 bits per heavy atom. The number of Topliss-reactive ketones (excluding diaryl/α,β-unsaturated/α-hetero) is 1. The van der Waals surface area contributed by atoms with Crippen LogP contribution in [0.4, 0.5) is 26.3 Å². The summed E-state index contributed by atoms with van der Waals surface area (Å²) in [6.45, 7) is 1.51. The SMILES string of the molecule is O=C1CCN(C2CCN(C(=O)c3cc(C(F)(F)F)cc(C(F)(F)F)c3)CC2c2ccccc2)CC1. The van der Waals surface area contributed by atoms with Crippen LogP contribution in [0.15, 0.2) is 48.5 Å². The molecule has 2 unspecified atom stereocenters. The smallest absolute Gasteiger partial charge is 0.338 e. The van der Waals surface area contributed by atoms with Crippen molar-refractivity contribution in [3.05, 3.63) is 70.8 Å². The zero-order valence-electron chi connectivity index (χ0n) is 18.7. The molecule has 1 amide bonds. The summed E-state index contributed by atoms with van der Waals surface area (Å²) in [6, 6.07) is 10.3. The standard InChI is InChI=1S/C25H24F6N2O2/c26-24(27,28)18-12-17(13-19(14-18)25(29,30)31)23(35)33-11-8-22(32-9-6-20(34)7-10-32)21(15-33)16-4-2-1-3-5-16/h1-5,12-14,21-22H,6-11,15H2. The molecule has 2 saturated heterocycles. The highest BCUT2D eigenvalue weighted by atomic mass is 19.4. The van der Waals surface area contributed by atoms with Crippen molar-refractivity contribution in [2.24, 2.45) is 0 Å². The number of ketones is 1. The van der Waals surface area contributed by atoms with Crippen molar-refractivity contribution in [3.63, 3.8) is 0 Å². The van der Waals surface area contributed by atoms with Crippen molar-refractivity contribution in [1.29, 1.82) is 0 Å². The van der Waals surface area contributed by atoms with Gasteiger partial charge in [-0.25, -0.2) is 0 Å². The topological polar surface area (TPSA) is 40.6 Å². The lowest BCUT2D eigenvalue weighted by Gasteiger charge is -2.45. The van der Waals surface area contributed by atoms with Crippen LogP contribution in [-0.4, -0.2) is 53.7 Å². The summed E-state index contributed by atoms with van der Waals surface area (Å²) in [6.07, 6.45) is -8.69. The van der Waals surface area contributed by atoms with Gasteiger partial charge in [-0.05, 0) is 30.2 Å². The van der Waals surface area contributed by atoms with Crippen LogP contribution in [0.5, 0.6) is 0 Å². The van der Waals surface area contributed by atoms with Crippen LogP contribution in [-0.2, 0) is 17.1 Å². The van der Waals surface area contributed by atoms with Gasteiger partial charge in [-0.15, -0.1) is 0 Å². The summed E-state index contributed by atoms with van der Waals surface area (Å²) < 4.78 is 79.7. The van der Waals surface area contributed by atoms with Crippen LogP contribution >= 0.6 is 0 Å². The summed E-state index contributed by atoms with van der Waals surface area (Å²) >= 11 is 0. The molecule has 2 aliphatic heterocycles. The van der Waals surface area contributed by atoms with E-state index >= 15 is 0 Å². The average molecular weight is 498 g/mol. The number of likely N-dealkylation sites (tertiary alicyclic amines) is 2. The molecule has 2 aromatic rings. The van der Waals surface area contributed by atoms with Gasteiger partial charge >= 0.3 is 12.4 Å². The summed E-state index contributed by atoms with van der Waals surface area (Å²) in [5.41, 5.74) is -2.74. The van der Waals surface area contributed by atoms with E-state index < -0.39 is 35.0 Å². The fourth-order valence-corrected chi connectivity index (χ4v) is 4.96. The highest BCUT2D eigenvalue weighted by Gasteiger charge is 2.40. The van der Waals surface area contributed by atoms with Gasteiger partial charge in [-0.2, -0.15) is 26.3 Å². The van der Waals surface area contributed by atoms with Gasteiger partial charge in [0.15, 0.2) is 0 Å². The van der Waals surface area contributed by atoms with Crippen molar-refractivity contribution < 1.29 is 35.9 Å². The number of alkyl halides is 6. The lowest BCUT2D eigenvalue weighted by molar-refractivity contribution is -0.143. The van der Waals surface area contributed by atoms with Crippen molar-refractivity contribution in [1.82, 2.24) is 9.80 Å². The third-order valence-corrected chi connectivity index (χ3v) is 6.75. The normalized spacial score (nSPS) is 22.3. The maximum atomic E-state index is 13.3. The van der Waals surface area contributed by atoms with Crippen LogP contribution in [0.2, 0.25) is 0 Å². The van der Waals surface area contributed by atoms with Crippen LogP contribution in [0.1, 0.15) is 52.2 Å². The molecule has 10 heteroatoms. The Labute approximate surface area is 198 Å². The summed E-state index contributed by atoms with van der Waals surface area (Å²) in [7, 11) is 0. The van der Waals surface area contributed by atoms with Gasteiger partial charge in [0.2, 0.25) is 0 Å². The minimum absolute atomic E-state index is 0.00166. The first kappa shape index (κ1) is 25.2. The average Bonchev–Trinajstić information content (AvgIpc) is 2.83. The Bertz CT molecular complexity index is 1040. The van der Waals surface area contributed by atoms with Gasteiger partial charge in [-0.3, -0.25) is 14.5 Å². The maximum absolute atomic E-state index is 13.3. The maximum Gasteiger partial charge on any atom is 0.416 e. The second-order valence-electron chi connectivity index (χ2n) is 8.99. The molecule has 2 atom stereocenters. The first-order chi connectivity index (χ1) is 16.4. The first-order valence-corrected chi connectivity index (χ1v) is 11.3. The minimum Gasteiger partial charge on any atom is -0.338 e. The molecular weight excluding hydrogens is 474 g/mol. The van der Waals surface area contributed by atoms with Crippen molar-refractivity contribution >= 4 is 11.7 Å². The predicted octanol–water partition coefficient (Wildman–Crippen LogP) is 5.39. The zero-order valence-corrected chi connectivity index (χ0v) is 18.7. The summed E-state index contributed by atoms with van der Waals surface area (Å²) in [4.78, 5) is 28.4. The van der Waals surface area contributed by atoms with Gasteiger partial charge < -0.3 is 4.90 Å². The lowest BCUT2D eigenvalue weighted by atomic mass is 9.83. The fourth-order valence-electron chi connectivity index (χ4n) is 4.96. The van der Waals surface area contributed by atoms with Crippen LogP contribution in [0, 0.1) is 0 Å². The lowest BCUT2D eigenvalue weighted by Crippen LogP contribution is -2.53. The second kappa shape index (κ2) is 9.64. The number of carbonyl (C=O) groups excluding carboxylic acids is 2. The van der Waals surface area contributed by atoms with E-state index in [2.05, 4.69) is 4.90 Å².